The molecule has 0 fully saturated rings. The first-order valence-electron chi connectivity index (χ1n) is 6.64. The van der Waals surface area contributed by atoms with Crippen molar-refractivity contribution in [1.82, 2.24) is 4.98 Å². The van der Waals surface area contributed by atoms with Crippen LogP contribution in [-0.2, 0) is 0 Å². The minimum absolute atomic E-state index is 0.229. The van der Waals surface area contributed by atoms with Crippen molar-refractivity contribution in [2.75, 3.05) is 5.32 Å². The van der Waals surface area contributed by atoms with Crippen LogP contribution in [-0.4, -0.2) is 17.3 Å². The van der Waals surface area contributed by atoms with E-state index in [1.807, 2.05) is 0 Å². The van der Waals surface area contributed by atoms with Gasteiger partial charge in [-0.2, -0.15) is 0 Å². The van der Waals surface area contributed by atoms with Gasteiger partial charge in [-0.3, -0.25) is 10.1 Å². The first-order chi connectivity index (χ1) is 11.7. The summed E-state index contributed by atoms with van der Waals surface area (Å²) in [6, 6.07) is 8.11. The van der Waals surface area contributed by atoms with Gasteiger partial charge in [0.05, 0.1) is 20.3 Å². The molecule has 1 aromatic heterocycles. The van der Waals surface area contributed by atoms with E-state index in [2.05, 4.69) is 15.0 Å². The van der Waals surface area contributed by atoms with E-state index < -0.39 is 12.3 Å². The van der Waals surface area contributed by atoms with Crippen LogP contribution in [0.15, 0.2) is 36.4 Å². The predicted octanol–water partition coefficient (Wildman–Crippen LogP) is 5.75. The molecule has 1 N–H and O–H groups in total. The second-order valence-corrected chi connectivity index (χ2v) is 6.62. The molecule has 130 valence electrons. The van der Waals surface area contributed by atoms with E-state index in [-0.39, 0.29) is 21.5 Å². The molecule has 3 rings (SSSR count). The number of ether oxygens (including phenoxy) is 1. The van der Waals surface area contributed by atoms with Gasteiger partial charge in [-0.05, 0) is 30.3 Å². The van der Waals surface area contributed by atoms with Gasteiger partial charge in [0, 0.05) is 11.6 Å². The summed E-state index contributed by atoms with van der Waals surface area (Å²) in [6.07, 6.45) is -4.77. The molecule has 4 nitrogen and oxygen atoms in total. The van der Waals surface area contributed by atoms with Crippen molar-refractivity contribution >= 4 is 55.8 Å². The number of halogens is 5. The molecule has 1 amide bonds. The molecule has 0 bridgehead atoms. The van der Waals surface area contributed by atoms with Crippen molar-refractivity contribution in [1.29, 1.82) is 0 Å². The molecule has 0 unspecified atom stereocenters. The number of benzene rings is 2. The van der Waals surface area contributed by atoms with E-state index in [0.29, 0.717) is 15.2 Å². The third kappa shape index (κ3) is 4.33. The quantitative estimate of drug-likeness (QED) is 0.601. The van der Waals surface area contributed by atoms with Gasteiger partial charge in [-0.15, -0.1) is 13.2 Å². The van der Waals surface area contributed by atoms with E-state index in [1.165, 1.54) is 30.3 Å². The fourth-order valence-corrected chi connectivity index (χ4v) is 3.15. The molecular weight excluding hydrogens is 400 g/mol. The number of nitrogens with zero attached hydrogens (tertiary/aromatic N) is 1. The molecule has 0 radical (unpaired) electrons. The van der Waals surface area contributed by atoms with Gasteiger partial charge in [0.1, 0.15) is 5.75 Å². The van der Waals surface area contributed by atoms with Crippen molar-refractivity contribution in [3.05, 3.63) is 52.0 Å². The highest BCUT2D eigenvalue weighted by Gasteiger charge is 2.31. The topological polar surface area (TPSA) is 51.2 Å². The molecule has 3 aromatic rings. The average molecular weight is 407 g/mol. The van der Waals surface area contributed by atoms with Crippen molar-refractivity contribution in [2.24, 2.45) is 0 Å². The second-order valence-electron chi connectivity index (χ2n) is 4.78. The van der Waals surface area contributed by atoms with Crippen LogP contribution in [0.2, 0.25) is 10.0 Å². The minimum atomic E-state index is -4.77. The number of alkyl halides is 3. The van der Waals surface area contributed by atoms with Crippen molar-refractivity contribution < 1.29 is 22.7 Å². The zero-order valence-corrected chi connectivity index (χ0v) is 14.4. The Kier molecular flexibility index (Phi) is 4.77. The van der Waals surface area contributed by atoms with Crippen LogP contribution in [0.25, 0.3) is 10.2 Å². The van der Waals surface area contributed by atoms with Gasteiger partial charge in [0.2, 0.25) is 0 Å². The first-order valence-corrected chi connectivity index (χ1v) is 8.21. The van der Waals surface area contributed by atoms with Crippen LogP contribution in [0.3, 0.4) is 0 Å². The van der Waals surface area contributed by atoms with Crippen molar-refractivity contribution in [3.8, 4) is 5.75 Å². The van der Waals surface area contributed by atoms with Crippen LogP contribution < -0.4 is 10.1 Å². The number of amides is 1. The second kappa shape index (κ2) is 6.70. The van der Waals surface area contributed by atoms with Crippen LogP contribution in [0.1, 0.15) is 10.4 Å². The number of carbonyl (C=O) groups excluding carboxylic acids is 1. The molecule has 0 saturated heterocycles. The summed E-state index contributed by atoms with van der Waals surface area (Å²) < 4.78 is 41.1. The number of thiazole rings is 1. The summed E-state index contributed by atoms with van der Waals surface area (Å²) in [5, 5.41) is 3.34. The monoisotopic (exact) mass is 406 g/mol. The zero-order valence-electron chi connectivity index (χ0n) is 12.0. The number of nitrogens with one attached hydrogen (secondary N) is 1. The Morgan fingerprint density at radius 3 is 2.56 bits per heavy atom. The number of hydrogen-bond acceptors (Lipinski definition) is 4. The molecular formula is C15H7Cl2F3N2O2S. The minimum Gasteiger partial charge on any atom is -0.406 e. The highest BCUT2D eigenvalue weighted by molar-refractivity contribution is 7.22. The predicted molar refractivity (Wildman–Crippen MR) is 90.7 cm³/mol. The lowest BCUT2D eigenvalue weighted by Gasteiger charge is -2.07. The summed E-state index contributed by atoms with van der Waals surface area (Å²) in [5.41, 5.74) is 0.707. The molecule has 1 heterocycles. The highest BCUT2D eigenvalue weighted by atomic mass is 35.5. The Labute approximate surface area is 153 Å². The largest absolute Gasteiger partial charge is 0.573 e. The Bertz CT molecular complexity index is 960. The molecule has 0 atom stereocenters. The van der Waals surface area contributed by atoms with E-state index in [1.54, 1.807) is 0 Å². The Hall–Kier alpha value is -2.03. The average Bonchev–Trinajstić information content (AvgIpc) is 2.89. The molecule has 10 heteroatoms. The van der Waals surface area contributed by atoms with E-state index in [4.69, 9.17) is 23.2 Å². The number of rotatable bonds is 3. The third-order valence-corrected chi connectivity index (χ3v) is 4.67. The van der Waals surface area contributed by atoms with Gasteiger partial charge in [0.15, 0.2) is 5.13 Å². The van der Waals surface area contributed by atoms with E-state index in [0.717, 1.165) is 17.4 Å². The fraction of sp³-hybridized carbons (Fsp3) is 0.0667. The molecule has 0 aliphatic rings. The lowest BCUT2D eigenvalue weighted by Crippen LogP contribution is -2.16. The highest BCUT2D eigenvalue weighted by Crippen LogP contribution is 2.32. The summed E-state index contributed by atoms with van der Waals surface area (Å²) in [5.74, 6) is -0.824. The Morgan fingerprint density at radius 2 is 1.88 bits per heavy atom. The lowest BCUT2D eigenvalue weighted by atomic mass is 10.2. The van der Waals surface area contributed by atoms with E-state index in [9.17, 15) is 18.0 Å². The number of hydrogen-bond donors (Lipinski definition) is 1. The SMILES string of the molecule is O=C(Nc1nc2ccc(OC(F)(F)F)cc2s1)c1ccc(Cl)c(Cl)c1. The standard InChI is InChI=1S/C15H7Cl2F3N2O2S/c16-9-3-1-7(5-10(9)17)13(23)22-14-21-11-4-2-8(6-12(11)25-14)24-15(18,19)20/h1-6H,(H,21,22,23). The molecule has 25 heavy (non-hydrogen) atoms. The van der Waals surface area contributed by atoms with Gasteiger partial charge in [-0.1, -0.05) is 34.5 Å². The number of anilines is 1. The van der Waals surface area contributed by atoms with Crippen LogP contribution in [0.5, 0.6) is 5.75 Å². The number of fused-ring (bicyclic) bond motifs is 1. The normalized spacial score (nSPS) is 11.6. The molecule has 0 spiro atoms. The summed E-state index contributed by atoms with van der Waals surface area (Å²) in [4.78, 5) is 16.3. The van der Waals surface area contributed by atoms with Crippen molar-refractivity contribution in [3.63, 3.8) is 0 Å². The smallest absolute Gasteiger partial charge is 0.406 e. The maximum Gasteiger partial charge on any atom is 0.573 e. The third-order valence-electron chi connectivity index (χ3n) is 3.00. The first kappa shape index (κ1) is 17.8. The Balaban J connectivity index is 1.81. The van der Waals surface area contributed by atoms with Gasteiger partial charge < -0.3 is 4.74 Å². The lowest BCUT2D eigenvalue weighted by molar-refractivity contribution is -0.274. The van der Waals surface area contributed by atoms with Gasteiger partial charge >= 0.3 is 6.36 Å². The number of carbonyl (C=O) groups is 1. The summed E-state index contributed by atoms with van der Waals surface area (Å²) in [6.45, 7) is 0. The molecule has 0 aliphatic carbocycles. The molecule has 0 saturated carbocycles. The maximum atomic E-state index is 12.3. The van der Waals surface area contributed by atoms with Crippen LogP contribution in [0.4, 0.5) is 18.3 Å². The maximum absolute atomic E-state index is 12.3. The van der Waals surface area contributed by atoms with E-state index >= 15 is 0 Å². The van der Waals surface area contributed by atoms with Gasteiger partial charge in [0.25, 0.3) is 5.91 Å². The number of aromatic nitrogens is 1. The molecule has 2 aromatic carbocycles. The van der Waals surface area contributed by atoms with Crippen LogP contribution in [0, 0.1) is 0 Å². The Morgan fingerprint density at radius 1 is 1.12 bits per heavy atom. The van der Waals surface area contributed by atoms with Gasteiger partial charge in [-0.25, -0.2) is 4.98 Å². The molecule has 0 aliphatic heterocycles. The fourth-order valence-electron chi connectivity index (χ4n) is 1.96. The summed E-state index contributed by atoms with van der Waals surface area (Å²) in [7, 11) is 0. The summed E-state index contributed by atoms with van der Waals surface area (Å²) >= 11 is 12.7. The van der Waals surface area contributed by atoms with Crippen LogP contribution >= 0.6 is 34.5 Å². The van der Waals surface area contributed by atoms with Crippen molar-refractivity contribution in [2.45, 2.75) is 6.36 Å². The zero-order chi connectivity index (χ0) is 18.2.